The molecule has 0 N–H and O–H groups in total. The van der Waals surface area contributed by atoms with Gasteiger partial charge in [0.15, 0.2) is 0 Å². The van der Waals surface area contributed by atoms with Gasteiger partial charge in [0.1, 0.15) is 11.6 Å². The second-order valence-corrected chi connectivity index (χ2v) is 6.38. The van der Waals surface area contributed by atoms with Crippen LogP contribution in [0.1, 0.15) is 18.2 Å². The molecule has 4 rings (SSSR count). The zero-order chi connectivity index (χ0) is 16.7. The zero-order valence-corrected chi connectivity index (χ0v) is 13.1. The first kappa shape index (κ1) is 14.9. The van der Waals surface area contributed by atoms with E-state index in [2.05, 4.69) is 10.1 Å². The van der Waals surface area contributed by atoms with Gasteiger partial charge in [0.2, 0.25) is 17.6 Å². The van der Waals surface area contributed by atoms with Gasteiger partial charge in [0, 0.05) is 19.0 Å². The van der Waals surface area contributed by atoms with Crippen LogP contribution in [0.2, 0.25) is 0 Å². The van der Waals surface area contributed by atoms with Crippen molar-refractivity contribution >= 4 is 22.9 Å². The maximum Gasteiger partial charge on any atom is 0.232 e. The highest BCUT2D eigenvalue weighted by molar-refractivity contribution is 7.13. The van der Waals surface area contributed by atoms with Crippen LogP contribution in [0.25, 0.3) is 10.7 Å². The van der Waals surface area contributed by atoms with Gasteiger partial charge in [0.25, 0.3) is 0 Å². The van der Waals surface area contributed by atoms with Crippen molar-refractivity contribution < 1.29 is 18.1 Å². The van der Waals surface area contributed by atoms with Crippen molar-refractivity contribution in [3.63, 3.8) is 0 Å². The molecular formula is C16H11F2N3O2S. The molecule has 3 heterocycles. The number of halogens is 2. The minimum atomic E-state index is -0.770. The number of amides is 1. The largest absolute Gasteiger partial charge is 0.339 e. The average molecular weight is 347 g/mol. The molecule has 1 unspecified atom stereocenters. The predicted octanol–water partition coefficient (Wildman–Crippen LogP) is 3.60. The molecular weight excluding hydrogens is 336 g/mol. The quantitative estimate of drug-likeness (QED) is 0.726. The SMILES string of the molecule is O=C1CC(c2nc(-c3cccs3)no2)CN1c1ccc(F)cc1F. The van der Waals surface area contributed by atoms with Crippen LogP contribution >= 0.6 is 11.3 Å². The van der Waals surface area contributed by atoms with E-state index in [0.29, 0.717) is 11.7 Å². The normalized spacial score (nSPS) is 17.7. The summed E-state index contributed by atoms with van der Waals surface area (Å²) >= 11 is 1.49. The van der Waals surface area contributed by atoms with Crippen LogP contribution in [0, 0.1) is 11.6 Å². The Hall–Kier alpha value is -2.61. The Morgan fingerprint density at radius 1 is 1.29 bits per heavy atom. The lowest BCUT2D eigenvalue weighted by molar-refractivity contribution is -0.117. The maximum atomic E-state index is 13.9. The minimum Gasteiger partial charge on any atom is -0.339 e. The van der Waals surface area contributed by atoms with Gasteiger partial charge in [-0.25, -0.2) is 8.78 Å². The highest BCUT2D eigenvalue weighted by Crippen LogP contribution is 2.33. The Balaban J connectivity index is 1.58. The van der Waals surface area contributed by atoms with Crippen LogP contribution < -0.4 is 4.90 Å². The van der Waals surface area contributed by atoms with Crippen molar-refractivity contribution in [3.05, 3.63) is 53.2 Å². The number of rotatable bonds is 3. The third-order valence-electron chi connectivity index (χ3n) is 3.86. The summed E-state index contributed by atoms with van der Waals surface area (Å²) in [7, 11) is 0. The first-order chi connectivity index (χ1) is 11.6. The minimum absolute atomic E-state index is 0.0573. The van der Waals surface area contributed by atoms with E-state index in [4.69, 9.17) is 4.52 Å². The summed E-state index contributed by atoms with van der Waals surface area (Å²) < 4.78 is 32.2. The van der Waals surface area contributed by atoms with E-state index in [0.717, 1.165) is 17.0 Å². The van der Waals surface area contributed by atoms with E-state index in [9.17, 15) is 13.6 Å². The van der Waals surface area contributed by atoms with Crippen LogP contribution in [0.5, 0.6) is 0 Å². The fourth-order valence-corrected chi connectivity index (χ4v) is 3.36. The molecule has 2 aromatic heterocycles. The average Bonchev–Trinajstić information content (AvgIpc) is 3.27. The lowest BCUT2D eigenvalue weighted by Gasteiger charge is -2.16. The molecule has 0 radical (unpaired) electrons. The Labute approximate surface area is 139 Å². The molecule has 1 aliphatic heterocycles. The fraction of sp³-hybridized carbons (Fsp3) is 0.188. The van der Waals surface area contributed by atoms with Crippen LogP contribution in [0.3, 0.4) is 0 Å². The van der Waals surface area contributed by atoms with E-state index in [1.54, 1.807) is 0 Å². The first-order valence-electron chi connectivity index (χ1n) is 7.24. The van der Waals surface area contributed by atoms with Crippen LogP contribution in [-0.4, -0.2) is 22.6 Å². The molecule has 1 fully saturated rings. The molecule has 1 saturated heterocycles. The summed E-state index contributed by atoms with van der Waals surface area (Å²) in [6.07, 6.45) is 0.142. The van der Waals surface area contributed by atoms with Crippen molar-refractivity contribution in [3.8, 4) is 10.7 Å². The third-order valence-corrected chi connectivity index (χ3v) is 4.72. The second-order valence-electron chi connectivity index (χ2n) is 5.43. The molecule has 8 heteroatoms. The number of hydrogen-bond donors (Lipinski definition) is 0. The van der Waals surface area contributed by atoms with Crippen LogP contribution in [-0.2, 0) is 4.79 Å². The number of nitrogens with zero attached hydrogens (tertiary/aromatic N) is 3. The molecule has 0 saturated carbocycles. The summed E-state index contributed by atoms with van der Waals surface area (Å²) in [6.45, 7) is 0.216. The number of benzene rings is 1. The summed E-state index contributed by atoms with van der Waals surface area (Å²) in [4.78, 5) is 18.7. The molecule has 1 amide bonds. The van der Waals surface area contributed by atoms with Gasteiger partial charge in [-0.2, -0.15) is 4.98 Å². The maximum absolute atomic E-state index is 13.9. The number of thiophene rings is 1. The molecule has 0 bridgehead atoms. The van der Waals surface area contributed by atoms with Crippen LogP contribution in [0.4, 0.5) is 14.5 Å². The van der Waals surface area contributed by atoms with E-state index in [1.807, 2.05) is 17.5 Å². The fourth-order valence-electron chi connectivity index (χ4n) is 2.71. The monoisotopic (exact) mass is 347 g/mol. The summed E-state index contributed by atoms with van der Waals surface area (Å²) in [6, 6.07) is 6.90. The number of hydrogen-bond acceptors (Lipinski definition) is 5. The van der Waals surface area contributed by atoms with Gasteiger partial charge in [-0.15, -0.1) is 11.3 Å². The van der Waals surface area contributed by atoms with E-state index >= 15 is 0 Å². The Bertz CT molecular complexity index is 895. The molecule has 5 nitrogen and oxygen atoms in total. The summed E-state index contributed by atoms with van der Waals surface area (Å²) in [5, 5.41) is 5.83. The lowest BCUT2D eigenvalue weighted by atomic mass is 10.1. The van der Waals surface area contributed by atoms with E-state index in [1.165, 1.54) is 22.3 Å². The van der Waals surface area contributed by atoms with Crippen molar-refractivity contribution in [2.45, 2.75) is 12.3 Å². The van der Waals surface area contributed by atoms with Crippen LogP contribution in [0.15, 0.2) is 40.2 Å². The zero-order valence-electron chi connectivity index (χ0n) is 12.3. The Kier molecular flexibility index (Phi) is 3.61. The summed E-state index contributed by atoms with van der Waals surface area (Å²) in [5.74, 6) is -1.22. The molecule has 24 heavy (non-hydrogen) atoms. The highest BCUT2D eigenvalue weighted by atomic mass is 32.1. The smallest absolute Gasteiger partial charge is 0.232 e. The van der Waals surface area contributed by atoms with Crippen molar-refractivity contribution in [2.24, 2.45) is 0 Å². The van der Waals surface area contributed by atoms with Gasteiger partial charge in [-0.1, -0.05) is 11.2 Å². The molecule has 0 aliphatic carbocycles. The number of aromatic nitrogens is 2. The van der Waals surface area contributed by atoms with Gasteiger partial charge in [-0.05, 0) is 23.6 Å². The second kappa shape index (κ2) is 5.79. The number of carbonyl (C=O) groups excluding carboxylic acids is 1. The predicted molar refractivity (Wildman–Crippen MR) is 83.7 cm³/mol. The van der Waals surface area contributed by atoms with E-state index < -0.39 is 11.6 Å². The van der Waals surface area contributed by atoms with E-state index in [-0.39, 0.29) is 30.5 Å². The van der Waals surface area contributed by atoms with Crippen molar-refractivity contribution in [1.82, 2.24) is 10.1 Å². The van der Waals surface area contributed by atoms with Gasteiger partial charge < -0.3 is 9.42 Å². The topological polar surface area (TPSA) is 59.2 Å². The van der Waals surface area contributed by atoms with Crippen molar-refractivity contribution in [1.29, 1.82) is 0 Å². The molecule has 0 spiro atoms. The standard InChI is InChI=1S/C16H11F2N3O2S/c17-10-3-4-12(11(18)7-10)21-8-9(6-14(21)22)16-19-15(20-23-16)13-2-1-5-24-13/h1-5,7,9H,6,8H2. The number of anilines is 1. The first-order valence-corrected chi connectivity index (χ1v) is 8.12. The van der Waals surface area contributed by atoms with Gasteiger partial charge in [0.05, 0.1) is 16.5 Å². The Morgan fingerprint density at radius 3 is 2.92 bits per heavy atom. The van der Waals surface area contributed by atoms with Gasteiger partial charge >= 0.3 is 0 Å². The molecule has 1 atom stereocenters. The lowest BCUT2D eigenvalue weighted by Crippen LogP contribution is -2.25. The third kappa shape index (κ3) is 2.58. The summed E-state index contributed by atoms with van der Waals surface area (Å²) in [5.41, 5.74) is 0.0573. The molecule has 1 aromatic carbocycles. The van der Waals surface area contributed by atoms with Gasteiger partial charge in [-0.3, -0.25) is 4.79 Å². The molecule has 3 aromatic rings. The molecule has 1 aliphatic rings. The Morgan fingerprint density at radius 2 is 2.17 bits per heavy atom. The molecule has 122 valence electrons. The van der Waals surface area contributed by atoms with Crippen molar-refractivity contribution in [2.75, 3.05) is 11.4 Å². The number of carbonyl (C=O) groups is 1. The highest BCUT2D eigenvalue weighted by Gasteiger charge is 2.36.